The van der Waals surface area contributed by atoms with Crippen molar-refractivity contribution in [3.05, 3.63) is 65.2 Å². The minimum absolute atomic E-state index is 0. The second-order valence-corrected chi connectivity index (χ2v) is 7.20. The molecular weight excluding hydrogens is 445 g/mol. The molecule has 3 heterocycles. The van der Waals surface area contributed by atoms with Gasteiger partial charge in [0.2, 0.25) is 6.23 Å². The molecular formula is C20H23Cl2N5O2S. The molecule has 3 aromatic rings. The fraction of sp³-hybridized carbons (Fsp3) is 0.250. The van der Waals surface area contributed by atoms with E-state index in [-0.39, 0.29) is 30.8 Å². The minimum atomic E-state index is -0.686. The lowest BCUT2D eigenvalue weighted by molar-refractivity contribution is 0.139. The number of thiazole rings is 1. The van der Waals surface area contributed by atoms with E-state index in [1.165, 1.54) is 11.3 Å². The number of nitrogens with one attached hydrogen (secondary N) is 2. The maximum atomic E-state index is 12.7. The number of piperazine rings is 1. The van der Waals surface area contributed by atoms with Crippen molar-refractivity contribution in [2.75, 3.05) is 26.2 Å². The molecule has 2 N–H and O–H groups in total. The summed E-state index contributed by atoms with van der Waals surface area (Å²) in [6.07, 6.45) is 2.61. The van der Waals surface area contributed by atoms with Gasteiger partial charge in [-0.15, -0.1) is 36.2 Å². The highest BCUT2D eigenvalue weighted by Crippen LogP contribution is 2.27. The summed E-state index contributed by atoms with van der Waals surface area (Å²) >= 11 is 1.46. The van der Waals surface area contributed by atoms with Crippen molar-refractivity contribution in [1.82, 2.24) is 25.5 Å². The normalized spacial score (nSPS) is 14.1. The van der Waals surface area contributed by atoms with Crippen LogP contribution in [0.1, 0.15) is 11.2 Å². The predicted octanol–water partition coefficient (Wildman–Crippen LogP) is 3.74. The van der Waals surface area contributed by atoms with Crippen molar-refractivity contribution in [2.45, 2.75) is 6.23 Å². The molecule has 10 heteroatoms. The molecule has 30 heavy (non-hydrogen) atoms. The Hall–Kier alpha value is -2.39. The van der Waals surface area contributed by atoms with Gasteiger partial charge in [-0.05, 0) is 12.1 Å². The number of nitrogens with zero attached hydrogens (tertiary/aromatic N) is 3. The third kappa shape index (κ3) is 6.06. The third-order valence-electron chi connectivity index (χ3n) is 4.36. The van der Waals surface area contributed by atoms with Crippen LogP contribution in [0.5, 0.6) is 5.75 Å². The second-order valence-electron chi connectivity index (χ2n) is 6.31. The molecule has 0 spiro atoms. The number of carbonyl (C=O) groups is 1. The Kier molecular flexibility index (Phi) is 9.32. The van der Waals surface area contributed by atoms with Crippen molar-refractivity contribution in [3.8, 4) is 17.0 Å². The van der Waals surface area contributed by atoms with Gasteiger partial charge in [0, 0.05) is 43.3 Å². The Morgan fingerprint density at radius 2 is 1.90 bits per heavy atom. The van der Waals surface area contributed by atoms with Crippen molar-refractivity contribution >= 4 is 42.2 Å². The minimum Gasteiger partial charge on any atom is -0.462 e. The number of pyridine rings is 1. The molecule has 1 fully saturated rings. The average Bonchev–Trinajstić information content (AvgIpc) is 3.25. The molecule has 7 nitrogen and oxygen atoms in total. The van der Waals surface area contributed by atoms with Gasteiger partial charge < -0.3 is 15.0 Å². The molecule has 0 saturated carbocycles. The number of hydrogen-bond acceptors (Lipinski definition) is 6. The van der Waals surface area contributed by atoms with E-state index in [1.807, 2.05) is 41.8 Å². The summed E-state index contributed by atoms with van der Waals surface area (Å²) in [4.78, 5) is 23.3. The average molecular weight is 468 g/mol. The van der Waals surface area contributed by atoms with E-state index in [2.05, 4.69) is 15.6 Å². The van der Waals surface area contributed by atoms with Gasteiger partial charge in [-0.1, -0.05) is 30.3 Å². The van der Waals surface area contributed by atoms with Crippen molar-refractivity contribution < 1.29 is 9.53 Å². The van der Waals surface area contributed by atoms with Gasteiger partial charge in [0.15, 0.2) is 5.01 Å². The smallest absolute Gasteiger partial charge is 0.320 e. The van der Waals surface area contributed by atoms with Gasteiger partial charge in [0.1, 0.15) is 5.75 Å². The quantitative estimate of drug-likeness (QED) is 0.558. The summed E-state index contributed by atoms with van der Waals surface area (Å²) in [5.74, 6) is 0.574. The molecule has 1 aliphatic rings. The van der Waals surface area contributed by atoms with Crippen LogP contribution in [-0.2, 0) is 0 Å². The lowest BCUT2D eigenvalue weighted by Gasteiger charge is -2.29. The molecule has 0 bridgehead atoms. The molecule has 1 saturated heterocycles. The zero-order valence-corrected chi connectivity index (χ0v) is 18.5. The number of hydrogen-bond donors (Lipinski definition) is 2. The third-order valence-corrected chi connectivity index (χ3v) is 5.25. The first-order valence-electron chi connectivity index (χ1n) is 9.13. The van der Waals surface area contributed by atoms with Crippen LogP contribution in [0.2, 0.25) is 0 Å². The highest BCUT2D eigenvalue weighted by Gasteiger charge is 2.24. The Morgan fingerprint density at radius 3 is 2.60 bits per heavy atom. The lowest BCUT2D eigenvalue weighted by Crippen LogP contribution is -2.51. The second kappa shape index (κ2) is 11.7. The van der Waals surface area contributed by atoms with Gasteiger partial charge in [-0.25, -0.2) is 9.78 Å². The summed E-state index contributed by atoms with van der Waals surface area (Å²) < 4.78 is 6.02. The lowest BCUT2D eigenvalue weighted by atomic mass is 10.2. The molecule has 1 aliphatic heterocycles. The van der Waals surface area contributed by atoms with Gasteiger partial charge in [0.25, 0.3) is 0 Å². The number of amides is 2. The van der Waals surface area contributed by atoms with Crippen LogP contribution in [0.25, 0.3) is 11.3 Å². The monoisotopic (exact) mass is 467 g/mol. The maximum absolute atomic E-state index is 12.7. The standard InChI is InChI=1S/C20H21N5O2S.2ClH/c26-20(25-11-9-21-10-12-25)24-18(27-16-7-4-8-22-13-16)19-23-17(14-28-19)15-5-2-1-3-6-15;;/h1-8,13-14,18,21H,9-12H2,(H,24,26);2*1H. The number of benzene rings is 1. The number of carbonyl (C=O) groups excluding carboxylic acids is 1. The number of halogens is 2. The number of ether oxygens (including phenoxy) is 1. The van der Waals surface area contributed by atoms with Crippen LogP contribution in [-0.4, -0.2) is 47.1 Å². The number of urea groups is 1. The summed E-state index contributed by atoms with van der Waals surface area (Å²) in [5, 5.41) is 8.88. The van der Waals surface area contributed by atoms with Crippen LogP contribution < -0.4 is 15.4 Å². The largest absolute Gasteiger partial charge is 0.462 e. The topological polar surface area (TPSA) is 79.4 Å². The Bertz CT molecular complexity index is 908. The fourth-order valence-corrected chi connectivity index (χ4v) is 3.72. The maximum Gasteiger partial charge on any atom is 0.320 e. The van der Waals surface area contributed by atoms with Crippen molar-refractivity contribution in [3.63, 3.8) is 0 Å². The zero-order valence-electron chi connectivity index (χ0n) is 16.1. The van der Waals surface area contributed by atoms with Crippen LogP contribution in [0.3, 0.4) is 0 Å². The summed E-state index contributed by atoms with van der Waals surface area (Å²) in [6.45, 7) is 2.91. The summed E-state index contributed by atoms with van der Waals surface area (Å²) in [5.41, 5.74) is 1.88. The van der Waals surface area contributed by atoms with E-state index in [4.69, 9.17) is 9.72 Å². The molecule has 1 unspecified atom stereocenters. The number of rotatable bonds is 5. The van der Waals surface area contributed by atoms with Crippen LogP contribution in [0, 0.1) is 0 Å². The van der Waals surface area contributed by atoms with E-state index in [0.29, 0.717) is 23.8 Å². The van der Waals surface area contributed by atoms with Gasteiger partial charge in [0.05, 0.1) is 11.9 Å². The Balaban J connectivity index is 0.00000160. The van der Waals surface area contributed by atoms with E-state index in [1.54, 1.807) is 23.4 Å². The van der Waals surface area contributed by atoms with Crippen molar-refractivity contribution in [1.29, 1.82) is 0 Å². The molecule has 2 aromatic heterocycles. The highest BCUT2D eigenvalue weighted by atomic mass is 35.5. The first-order valence-corrected chi connectivity index (χ1v) is 10.0. The van der Waals surface area contributed by atoms with Crippen LogP contribution in [0.15, 0.2) is 60.2 Å². The first kappa shape index (κ1) is 23.9. The summed E-state index contributed by atoms with van der Waals surface area (Å²) in [7, 11) is 0. The molecule has 1 atom stereocenters. The molecule has 1 aromatic carbocycles. The zero-order chi connectivity index (χ0) is 19.2. The van der Waals surface area contributed by atoms with Gasteiger partial charge in [-0.2, -0.15) is 0 Å². The molecule has 160 valence electrons. The molecule has 0 aliphatic carbocycles. The Labute approximate surface area is 191 Å². The molecule has 2 amide bonds. The van der Waals surface area contributed by atoms with E-state index in [0.717, 1.165) is 24.3 Å². The van der Waals surface area contributed by atoms with E-state index < -0.39 is 6.23 Å². The van der Waals surface area contributed by atoms with Gasteiger partial charge >= 0.3 is 6.03 Å². The highest BCUT2D eigenvalue weighted by molar-refractivity contribution is 7.10. The van der Waals surface area contributed by atoms with E-state index in [9.17, 15) is 4.79 Å². The first-order chi connectivity index (χ1) is 13.8. The van der Waals surface area contributed by atoms with Crippen LogP contribution >= 0.6 is 36.2 Å². The van der Waals surface area contributed by atoms with Gasteiger partial charge in [-0.3, -0.25) is 10.3 Å². The Morgan fingerprint density at radius 1 is 1.13 bits per heavy atom. The van der Waals surface area contributed by atoms with Crippen LogP contribution in [0.4, 0.5) is 4.79 Å². The van der Waals surface area contributed by atoms with Crippen molar-refractivity contribution in [2.24, 2.45) is 0 Å². The fourth-order valence-electron chi connectivity index (χ4n) is 2.92. The number of aromatic nitrogens is 2. The molecule has 0 radical (unpaired) electrons. The molecule has 4 rings (SSSR count). The van der Waals surface area contributed by atoms with E-state index >= 15 is 0 Å². The SMILES string of the molecule is Cl.Cl.O=C(NC(Oc1cccnc1)c1nc(-c2ccccc2)cs1)N1CCNCC1. The summed E-state index contributed by atoms with van der Waals surface area (Å²) in [6, 6.07) is 13.4. The predicted molar refractivity (Wildman–Crippen MR) is 123 cm³/mol.